The number of benzene rings is 4. The number of phenolic OH excluding ortho intramolecular Hbond substituents is 2. The van der Waals surface area contributed by atoms with E-state index in [2.05, 4.69) is 0 Å². The normalized spacial score (nSPS) is 10.7. The zero-order chi connectivity index (χ0) is 21.8. The van der Waals surface area contributed by atoms with E-state index in [1.807, 2.05) is 60.7 Å². The van der Waals surface area contributed by atoms with Crippen LogP contribution in [0.1, 0.15) is 22.3 Å². The van der Waals surface area contributed by atoms with Crippen molar-refractivity contribution in [3.8, 4) is 23.0 Å². The second-order valence-corrected chi connectivity index (χ2v) is 7.51. The molecule has 0 heterocycles. The lowest BCUT2D eigenvalue weighted by Crippen LogP contribution is -1.98. The Hall–Kier alpha value is -4.12. The third kappa shape index (κ3) is 5.08. The molecule has 0 aromatic heterocycles. The molecule has 0 aliphatic heterocycles. The van der Waals surface area contributed by atoms with Gasteiger partial charge >= 0.3 is 0 Å². The largest absolute Gasteiger partial charge is 0.508 e. The van der Waals surface area contributed by atoms with Crippen LogP contribution in [0.3, 0.4) is 0 Å². The highest BCUT2D eigenvalue weighted by molar-refractivity contribution is 5.55. The van der Waals surface area contributed by atoms with E-state index in [1.165, 1.54) is 0 Å². The number of phenols is 2. The van der Waals surface area contributed by atoms with Crippen LogP contribution in [0.4, 0.5) is 11.4 Å². The van der Waals surface area contributed by atoms with Gasteiger partial charge in [0, 0.05) is 11.4 Å². The van der Waals surface area contributed by atoms with E-state index < -0.39 is 0 Å². The third-order valence-electron chi connectivity index (χ3n) is 5.13. The van der Waals surface area contributed by atoms with Crippen molar-refractivity contribution < 1.29 is 14.9 Å². The molecule has 0 aliphatic carbocycles. The summed E-state index contributed by atoms with van der Waals surface area (Å²) < 4.78 is 6.09. The first-order valence-electron chi connectivity index (χ1n) is 9.97. The van der Waals surface area contributed by atoms with Crippen LogP contribution < -0.4 is 16.2 Å². The van der Waals surface area contributed by atoms with Gasteiger partial charge in [0.25, 0.3) is 0 Å². The van der Waals surface area contributed by atoms with Crippen LogP contribution in [-0.2, 0) is 12.8 Å². The minimum atomic E-state index is 0.236. The minimum Gasteiger partial charge on any atom is -0.508 e. The first-order chi connectivity index (χ1) is 15.0. The van der Waals surface area contributed by atoms with Gasteiger partial charge in [0.15, 0.2) is 0 Å². The molecule has 0 radical (unpaired) electrons. The second-order valence-electron chi connectivity index (χ2n) is 7.51. The number of hydrogen-bond acceptors (Lipinski definition) is 5. The average molecular weight is 412 g/mol. The SMILES string of the molecule is Nc1ccc(Oc2ccc(N)c(Cc3ccc(O)cc3)c2)cc1Cc1ccc(O)cc1. The molecule has 5 heteroatoms. The molecule has 6 N–H and O–H groups in total. The zero-order valence-electron chi connectivity index (χ0n) is 17.0. The van der Waals surface area contributed by atoms with Gasteiger partial charge in [-0.05, 0) is 95.8 Å². The highest BCUT2D eigenvalue weighted by atomic mass is 16.5. The fraction of sp³-hybridized carbons (Fsp3) is 0.0769. The van der Waals surface area contributed by atoms with Gasteiger partial charge in [-0.25, -0.2) is 0 Å². The van der Waals surface area contributed by atoms with Gasteiger partial charge < -0.3 is 26.4 Å². The number of aromatic hydroxyl groups is 2. The van der Waals surface area contributed by atoms with E-state index in [0.717, 1.165) is 22.3 Å². The van der Waals surface area contributed by atoms with Gasteiger partial charge in [-0.2, -0.15) is 0 Å². The molecular weight excluding hydrogens is 388 g/mol. The Bertz CT molecular complexity index is 1090. The summed E-state index contributed by atoms with van der Waals surface area (Å²) in [4.78, 5) is 0. The summed E-state index contributed by atoms with van der Waals surface area (Å²) in [6, 6.07) is 25.3. The molecule has 0 fully saturated rings. The highest BCUT2D eigenvalue weighted by Gasteiger charge is 2.08. The summed E-state index contributed by atoms with van der Waals surface area (Å²) >= 11 is 0. The molecule has 31 heavy (non-hydrogen) atoms. The van der Waals surface area contributed by atoms with Crippen molar-refractivity contribution in [1.29, 1.82) is 0 Å². The number of nitrogens with two attached hydrogens (primary N) is 2. The predicted octanol–water partition coefficient (Wildman–Crippen LogP) is 5.24. The molecule has 4 aromatic carbocycles. The van der Waals surface area contributed by atoms with Gasteiger partial charge in [0.05, 0.1) is 0 Å². The van der Waals surface area contributed by atoms with Gasteiger partial charge in [0.1, 0.15) is 23.0 Å². The fourth-order valence-corrected chi connectivity index (χ4v) is 3.40. The van der Waals surface area contributed by atoms with Crippen LogP contribution in [0, 0.1) is 0 Å². The van der Waals surface area contributed by atoms with Crippen LogP contribution in [0.5, 0.6) is 23.0 Å². The van der Waals surface area contributed by atoms with Gasteiger partial charge in [-0.1, -0.05) is 24.3 Å². The first kappa shape index (κ1) is 20.2. The zero-order valence-corrected chi connectivity index (χ0v) is 17.0. The van der Waals surface area contributed by atoms with Crippen LogP contribution in [0.15, 0.2) is 84.9 Å². The Morgan fingerprint density at radius 3 is 1.32 bits per heavy atom. The molecular formula is C26H24N2O3. The smallest absolute Gasteiger partial charge is 0.127 e. The second kappa shape index (κ2) is 8.71. The monoisotopic (exact) mass is 412 g/mol. The Kier molecular flexibility index (Phi) is 5.67. The fourth-order valence-electron chi connectivity index (χ4n) is 3.40. The number of anilines is 2. The number of ether oxygens (including phenoxy) is 1. The van der Waals surface area contributed by atoms with Crippen molar-refractivity contribution >= 4 is 11.4 Å². The third-order valence-corrected chi connectivity index (χ3v) is 5.13. The lowest BCUT2D eigenvalue weighted by molar-refractivity contribution is 0.474. The van der Waals surface area contributed by atoms with Crippen molar-refractivity contribution in [3.05, 3.63) is 107 Å². The maximum Gasteiger partial charge on any atom is 0.127 e. The Balaban J connectivity index is 1.53. The minimum absolute atomic E-state index is 0.236. The lowest BCUT2D eigenvalue weighted by Gasteiger charge is -2.13. The van der Waals surface area contributed by atoms with Crippen LogP contribution in [0.25, 0.3) is 0 Å². The molecule has 0 saturated carbocycles. The van der Waals surface area contributed by atoms with E-state index in [4.69, 9.17) is 16.2 Å². The maximum atomic E-state index is 9.47. The van der Waals surface area contributed by atoms with Crippen LogP contribution in [-0.4, -0.2) is 10.2 Å². The number of hydrogen-bond donors (Lipinski definition) is 4. The Morgan fingerprint density at radius 1 is 0.548 bits per heavy atom. The molecule has 0 bridgehead atoms. The molecule has 0 aliphatic rings. The molecule has 4 aromatic rings. The van der Waals surface area contributed by atoms with Crippen LogP contribution in [0.2, 0.25) is 0 Å². The molecule has 156 valence electrons. The van der Waals surface area contributed by atoms with Crippen molar-refractivity contribution in [1.82, 2.24) is 0 Å². The molecule has 0 atom stereocenters. The van der Waals surface area contributed by atoms with E-state index in [9.17, 15) is 10.2 Å². The standard InChI is InChI=1S/C26H24N2O3/c27-25-11-9-23(15-19(25)13-17-1-5-21(29)6-2-17)31-24-10-12-26(28)20(16-24)14-18-3-7-22(30)8-4-18/h1-12,15-16,29-30H,13-14,27-28H2. The Morgan fingerprint density at radius 2 is 0.935 bits per heavy atom. The van der Waals surface area contributed by atoms with Gasteiger partial charge in [-0.15, -0.1) is 0 Å². The van der Waals surface area contributed by atoms with Crippen molar-refractivity contribution in [2.75, 3.05) is 11.5 Å². The van der Waals surface area contributed by atoms with Crippen molar-refractivity contribution in [2.45, 2.75) is 12.8 Å². The van der Waals surface area contributed by atoms with Gasteiger partial charge in [-0.3, -0.25) is 0 Å². The topological polar surface area (TPSA) is 102 Å². The lowest BCUT2D eigenvalue weighted by atomic mass is 10.0. The molecule has 0 unspecified atom stereocenters. The summed E-state index contributed by atoms with van der Waals surface area (Å²) in [7, 11) is 0. The van der Waals surface area contributed by atoms with E-state index in [-0.39, 0.29) is 11.5 Å². The predicted molar refractivity (Wildman–Crippen MR) is 124 cm³/mol. The summed E-state index contributed by atoms with van der Waals surface area (Å²) in [5.41, 5.74) is 17.7. The molecule has 5 nitrogen and oxygen atoms in total. The maximum absolute atomic E-state index is 9.47. The van der Waals surface area contributed by atoms with E-state index in [1.54, 1.807) is 24.3 Å². The van der Waals surface area contributed by atoms with Crippen molar-refractivity contribution in [3.63, 3.8) is 0 Å². The molecule has 0 amide bonds. The van der Waals surface area contributed by atoms with E-state index >= 15 is 0 Å². The summed E-state index contributed by atoms with van der Waals surface area (Å²) in [5.74, 6) is 1.84. The van der Waals surface area contributed by atoms with Crippen molar-refractivity contribution in [2.24, 2.45) is 0 Å². The van der Waals surface area contributed by atoms with Crippen LogP contribution >= 0.6 is 0 Å². The molecule has 4 rings (SSSR count). The summed E-state index contributed by atoms with van der Waals surface area (Å²) in [6.07, 6.45) is 1.27. The summed E-state index contributed by atoms with van der Waals surface area (Å²) in [6.45, 7) is 0. The quantitative estimate of drug-likeness (QED) is 0.325. The molecule has 0 saturated heterocycles. The van der Waals surface area contributed by atoms with E-state index in [0.29, 0.717) is 35.7 Å². The average Bonchev–Trinajstić information content (AvgIpc) is 2.76. The first-order valence-corrected chi connectivity index (χ1v) is 9.97. The number of rotatable bonds is 6. The highest BCUT2D eigenvalue weighted by Crippen LogP contribution is 2.30. The molecule has 0 spiro atoms. The van der Waals surface area contributed by atoms with Gasteiger partial charge in [0.2, 0.25) is 0 Å². The Labute approximate surface area is 181 Å². The summed E-state index contributed by atoms with van der Waals surface area (Å²) in [5, 5.41) is 18.9. The number of nitrogen functional groups attached to an aromatic ring is 2.